The Morgan fingerprint density at radius 1 is 1.18 bits per heavy atom. The van der Waals surface area contributed by atoms with Crippen LogP contribution in [-0.2, 0) is 14.3 Å². The fraction of sp³-hybridized carbons (Fsp3) is 0.211. The minimum Gasteiger partial charge on any atom is -0.476 e. The third-order valence-electron chi connectivity index (χ3n) is 3.97. The molecular formula is C19H16F3N5O6. The van der Waals surface area contributed by atoms with Crippen molar-refractivity contribution in [1.29, 1.82) is 0 Å². The zero-order valence-corrected chi connectivity index (χ0v) is 17.1. The van der Waals surface area contributed by atoms with Gasteiger partial charge in [0, 0.05) is 18.5 Å². The second-order valence-electron chi connectivity index (χ2n) is 6.23. The number of pyridine rings is 1. The zero-order valence-electron chi connectivity index (χ0n) is 17.1. The molecule has 0 aliphatic rings. The first-order chi connectivity index (χ1) is 15.4. The molecule has 2 aromatic heterocycles. The van der Waals surface area contributed by atoms with E-state index in [-0.39, 0.29) is 12.2 Å². The molecule has 174 valence electrons. The van der Waals surface area contributed by atoms with E-state index in [2.05, 4.69) is 25.3 Å². The summed E-state index contributed by atoms with van der Waals surface area (Å²) in [6.07, 6.45) is -1.90. The topological polar surface area (TPSA) is 153 Å². The standard InChI is InChI=1S/C16H13N5O5.C3H3F3O/c1-26-14(22)7-18-15(23)10-4-5-17-12-3-2-9(6-11(10)12)21-8-13(16(24)25)19-20-21;1-2(7)3(4,5)6/h2-6,8H,7H2,1H3,(H,18,23)(H,24,25);1H3. The van der Waals surface area contributed by atoms with E-state index in [1.807, 2.05) is 0 Å². The number of ketones is 1. The molecule has 0 fully saturated rings. The number of aromatic nitrogens is 4. The lowest BCUT2D eigenvalue weighted by atomic mass is 10.1. The number of carboxylic acid groups (broad SMARTS) is 1. The Kier molecular flexibility index (Phi) is 7.77. The summed E-state index contributed by atoms with van der Waals surface area (Å²) in [6, 6.07) is 6.49. The number of carboxylic acids is 1. The molecule has 0 atom stereocenters. The minimum absolute atomic E-state index is 0.202. The highest BCUT2D eigenvalue weighted by Crippen LogP contribution is 2.20. The van der Waals surface area contributed by atoms with Crippen molar-refractivity contribution < 1.29 is 42.2 Å². The molecule has 33 heavy (non-hydrogen) atoms. The van der Waals surface area contributed by atoms with Crippen LogP contribution < -0.4 is 5.32 Å². The second kappa shape index (κ2) is 10.3. The molecule has 1 aromatic carbocycles. The Balaban J connectivity index is 0.000000479. The number of carbonyl (C=O) groups excluding carboxylic acids is 3. The summed E-state index contributed by atoms with van der Waals surface area (Å²) >= 11 is 0. The van der Waals surface area contributed by atoms with Gasteiger partial charge in [-0.05, 0) is 24.3 Å². The number of hydrogen-bond donors (Lipinski definition) is 2. The number of fused-ring (bicyclic) bond motifs is 1. The number of Topliss-reactive ketones (excluding diaryl/α,β-unsaturated/α-hetero) is 1. The fourth-order valence-corrected chi connectivity index (χ4v) is 2.28. The molecule has 2 N–H and O–H groups in total. The average Bonchev–Trinajstić information content (AvgIpc) is 3.27. The number of aromatic carboxylic acids is 1. The van der Waals surface area contributed by atoms with Gasteiger partial charge in [-0.25, -0.2) is 9.48 Å². The molecule has 11 nitrogen and oxygen atoms in total. The maximum Gasteiger partial charge on any atom is 0.449 e. The molecule has 0 aliphatic carbocycles. The highest BCUT2D eigenvalue weighted by atomic mass is 19.4. The van der Waals surface area contributed by atoms with Gasteiger partial charge in [0.05, 0.1) is 30.1 Å². The molecule has 0 saturated carbocycles. The maximum atomic E-state index is 12.4. The van der Waals surface area contributed by atoms with Gasteiger partial charge < -0.3 is 15.2 Å². The average molecular weight is 467 g/mol. The van der Waals surface area contributed by atoms with Crippen LogP contribution in [0.25, 0.3) is 16.6 Å². The maximum absolute atomic E-state index is 12.4. The quantitative estimate of drug-likeness (QED) is 0.532. The third kappa shape index (κ3) is 6.56. The smallest absolute Gasteiger partial charge is 0.449 e. The lowest BCUT2D eigenvalue weighted by molar-refractivity contribution is -0.168. The number of nitrogens with one attached hydrogen (secondary N) is 1. The van der Waals surface area contributed by atoms with Crippen LogP contribution in [0.15, 0.2) is 36.7 Å². The molecule has 0 radical (unpaired) electrons. The van der Waals surface area contributed by atoms with Gasteiger partial charge in [-0.2, -0.15) is 13.2 Å². The van der Waals surface area contributed by atoms with Crippen molar-refractivity contribution in [1.82, 2.24) is 25.3 Å². The summed E-state index contributed by atoms with van der Waals surface area (Å²) in [7, 11) is 1.23. The van der Waals surface area contributed by atoms with Crippen LogP contribution in [0.1, 0.15) is 27.8 Å². The van der Waals surface area contributed by atoms with E-state index in [1.165, 1.54) is 30.3 Å². The van der Waals surface area contributed by atoms with Crippen LogP contribution in [0.4, 0.5) is 13.2 Å². The van der Waals surface area contributed by atoms with Crippen molar-refractivity contribution in [2.24, 2.45) is 0 Å². The molecule has 0 unspecified atom stereocenters. The van der Waals surface area contributed by atoms with E-state index >= 15 is 0 Å². The van der Waals surface area contributed by atoms with Crippen LogP contribution in [-0.4, -0.2) is 68.5 Å². The number of benzene rings is 1. The number of carbonyl (C=O) groups is 4. The van der Waals surface area contributed by atoms with E-state index in [1.54, 1.807) is 18.2 Å². The van der Waals surface area contributed by atoms with Crippen molar-refractivity contribution in [2.45, 2.75) is 13.1 Å². The van der Waals surface area contributed by atoms with Crippen molar-refractivity contribution in [3.8, 4) is 5.69 Å². The van der Waals surface area contributed by atoms with Crippen LogP contribution in [0.3, 0.4) is 0 Å². The second-order valence-corrected chi connectivity index (χ2v) is 6.23. The lowest BCUT2D eigenvalue weighted by Gasteiger charge is -2.08. The van der Waals surface area contributed by atoms with Crippen molar-refractivity contribution >= 4 is 34.5 Å². The first-order valence-corrected chi connectivity index (χ1v) is 8.91. The number of rotatable bonds is 5. The molecule has 0 saturated heterocycles. The van der Waals surface area contributed by atoms with Crippen molar-refractivity contribution in [3.05, 3.63) is 47.9 Å². The molecular weight excluding hydrogens is 451 g/mol. The summed E-state index contributed by atoms with van der Waals surface area (Å²) in [5.41, 5.74) is 1.16. The first-order valence-electron chi connectivity index (χ1n) is 8.91. The van der Waals surface area contributed by atoms with Gasteiger partial charge in [-0.1, -0.05) is 5.21 Å². The number of ether oxygens (including phenoxy) is 1. The van der Waals surface area contributed by atoms with E-state index in [0.717, 1.165) is 0 Å². The predicted octanol–water partition coefficient (Wildman–Crippen LogP) is 1.55. The third-order valence-corrected chi connectivity index (χ3v) is 3.97. The number of esters is 1. The van der Waals surface area contributed by atoms with E-state index in [0.29, 0.717) is 29.1 Å². The minimum atomic E-state index is -4.64. The van der Waals surface area contributed by atoms with Crippen LogP contribution in [0, 0.1) is 0 Å². The number of methoxy groups -OCH3 is 1. The van der Waals surface area contributed by atoms with E-state index < -0.39 is 29.8 Å². The number of hydrogen-bond acceptors (Lipinski definition) is 8. The SMILES string of the molecule is CC(=O)C(F)(F)F.COC(=O)CNC(=O)c1ccnc2ccc(-n3cc(C(=O)O)nn3)cc12. The van der Waals surface area contributed by atoms with Crippen LogP contribution >= 0.6 is 0 Å². The summed E-state index contributed by atoms with van der Waals surface area (Å²) in [4.78, 5) is 48.0. The number of nitrogens with zero attached hydrogens (tertiary/aromatic N) is 4. The highest BCUT2D eigenvalue weighted by Gasteiger charge is 2.33. The van der Waals surface area contributed by atoms with Gasteiger partial charge in [-0.15, -0.1) is 5.10 Å². The van der Waals surface area contributed by atoms with Crippen molar-refractivity contribution in [3.63, 3.8) is 0 Å². The van der Waals surface area contributed by atoms with Gasteiger partial charge in [-0.3, -0.25) is 19.4 Å². The van der Waals surface area contributed by atoms with Gasteiger partial charge >= 0.3 is 18.1 Å². The largest absolute Gasteiger partial charge is 0.476 e. The molecule has 0 spiro atoms. The predicted molar refractivity (Wildman–Crippen MR) is 105 cm³/mol. The van der Waals surface area contributed by atoms with Gasteiger partial charge in [0.15, 0.2) is 5.69 Å². The summed E-state index contributed by atoms with van der Waals surface area (Å²) in [5.74, 6) is -3.99. The first kappa shape index (κ1) is 24.9. The Hall–Kier alpha value is -4.36. The Morgan fingerprint density at radius 3 is 2.39 bits per heavy atom. The lowest BCUT2D eigenvalue weighted by Crippen LogP contribution is -2.30. The number of alkyl halides is 3. The summed E-state index contributed by atoms with van der Waals surface area (Å²) in [5, 5.41) is 19.2. The zero-order chi connectivity index (χ0) is 24.8. The van der Waals surface area contributed by atoms with Gasteiger partial charge in [0.25, 0.3) is 5.91 Å². The van der Waals surface area contributed by atoms with Crippen LogP contribution in [0.5, 0.6) is 0 Å². The monoisotopic (exact) mass is 467 g/mol. The highest BCUT2D eigenvalue weighted by molar-refractivity contribution is 6.07. The molecule has 2 heterocycles. The number of amides is 1. The summed E-state index contributed by atoms with van der Waals surface area (Å²) < 4.78 is 38.3. The molecule has 0 bridgehead atoms. The molecule has 0 aliphatic heterocycles. The van der Waals surface area contributed by atoms with E-state index in [9.17, 15) is 32.3 Å². The normalized spacial score (nSPS) is 10.7. The van der Waals surface area contributed by atoms with Crippen LogP contribution in [0.2, 0.25) is 0 Å². The number of halogens is 3. The molecule has 1 amide bonds. The molecule has 3 aromatic rings. The Labute approximate surface area is 183 Å². The van der Waals surface area contributed by atoms with Gasteiger partial charge in [0.1, 0.15) is 6.54 Å². The van der Waals surface area contributed by atoms with E-state index in [4.69, 9.17) is 5.11 Å². The molecule has 14 heteroatoms. The fourth-order valence-electron chi connectivity index (χ4n) is 2.28. The Morgan fingerprint density at radius 2 is 1.85 bits per heavy atom. The summed E-state index contributed by atoms with van der Waals surface area (Å²) in [6.45, 7) is 0.226. The van der Waals surface area contributed by atoms with Crippen molar-refractivity contribution in [2.75, 3.05) is 13.7 Å². The van der Waals surface area contributed by atoms with Gasteiger partial charge in [0.2, 0.25) is 5.78 Å². The Bertz CT molecular complexity index is 1210. The molecule has 3 rings (SSSR count).